The van der Waals surface area contributed by atoms with E-state index in [1.54, 1.807) is 0 Å². The lowest BCUT2D eigenvalue weighted by Gasteiger charge is -2.13. The van der Waals surface area contributed by atoms with E-state index in [-0.39, 0.29) is 0 Å². The van der Waals surface area contributed by atoms with Crippen LogP contribution in [-0.2, 0) is 9.53 Å². The van der Waals surface area contributed by atoms with E-state index in [1.165, 1.54) is 0 Å². The third kappa shape index (κ3) is 2.41. The largest absolute Gasteiger partial charge is 0.459 e. The van der Waals surface area contributed by atoms with Crippen LogP contribution in [0.1, 0.15) is 0 Å². The van der Waals surface area contributed by atoms with E-state index >= 15 is 0 Å². The number of methoxy groups -OCH3 is 1. The molecular weight excluding hydrogens is 175 g/mol. The van der Waals surface area contributed by atoms with Crippen molar-refractivity contribution in [2.24, 2.45) is 0 Å². The van der Waals surface area contributed by atoms with Crippen LogP contribution in [0, 0.1) is 0 Å². The van der Waals surface area contributed by atoms with Crippen molar-refractivity contribution in [2.75, 3.05) is 7.11 Å². The number of alkyl halides is 5. The van der Waals surface area contributed by atoms with Gasteiger partial charge in [-0.3, -0.25) is 4.79 Å². The van der Waals surface area contributed by atoms with Crippen molar-refractivity contribution in [1.29, 1.82) is 0 Å². The molecule has 0 spiro atoms. The Labute approximate surface area is 57.9 Å². The summed E-state index contributed by atoms with van der Waals surface area (Å²) >= 11 is 0. The molecule has 7 heteroatoms. The third-order valence-corrected chi connectivity index (χ3v) is 0.778. The summed E-state index contributed by atoms with van der Waals surface area (Å²) in [5.41, 5.74) is 0. The first-order valence-electron chi connectivity index (χ1n) is 2.26. The lowest BCUT2D eigenvalue weighted by Crippen LogP contribution is -2.41. The summed E-state index contributed by atoms with van der Waals surface area (Å²) in [6, 6.07) is 0. The third-order valence-electron chi connectivity index (χ3n) is 0.778. The van der Waals surface area contributed by atoms with E-state index in [1.807, 2.05) is 0 Å². The van der Waals surface area contributed by atoms with Crippen LogP contribution in [0.4, 0.5) is 22.0 Å². The average Bonchev–Trinajstić information content (AvgIpc) is 1.84. The molecule has 0 atom stereocenters. The molecule has 0 aromatic carbocycles. The molecule has 0 saturated carbocycles. The van der Waals surface area contributed by atoms with Gasteiger partial charge in [0, 0.05) is 7.11 Å². The summed E-state index contributed by atoms with van der Waals surface area (Å²) in [7, 11) is 0.309. The van der Waals surface area contributed by atoms with Crippen molar-refractivity contribution in [1.82, 2.24) is 0 Å². The lowest BCUT2D eigenvalue weighted by molar-refractivity contribution is -0.249. The fourth-order valence-corrected chi connectivity index (χ4v) is 0.258. The molecule has 0 heterocycles. The molecule has 66 valence electrons. The molecule has 0 aliphatic rings. The maximum Gasteiger partial charge on any atom is 0.459 e. The maximum atomic E-state index is 11.8. The minimum absolute atomic E-state index is 0.309. The first kappa shape index (κ1) is 10.3. The van der Waals surface area contributed by atoms with Crippen molar-refractivity contribution >= 4 is 5.78 Å². The minimum Gasteiger partial charge on any atom is -0.317 e. The van der Waals surface area contributed by atoms with Gasteiger partial charge in [-0.25, -0.2) is 0 Å². The van der Waals surface area contributed by atoms with Crippen LogP contribution in [-0.4, -0.2) is 25.2 Å². The fraction of sp³-hybridized carbons (Fsp3) is 0.750. The second-order valence-electron chi connectivity index (χ2n) is 1.55. The molecule has 0 rings (SSSR count). The van der Waals surface area contributed by atoms with E-state index in [9.17, 15) is 26.7 Å². The molecule has 0 bridgehead atoms. The number of ether oxygens (including phenoxy) is 1. The van der Waals surface area contributed by atoms with Gasteiger partial charge in [-0.1, -0.05) is 0 Å². The summed E-state index contributed by atoms with van der Waals surface area (Å²) < 4.78 is 60.2. The van der Waals surface area contributed by atoms with Crippen LogP contribution in [0.2, 0.25) is 0 Å². The molecule has 0 radical (unpaired) electrons. The standard InChI is InChI=1S/C4H3F5O2/c1-11-4(8,9)2(10)3(5,6)7/h1H3. The summed E-state index contributed by atoms with van der Waals surface area (Å²) in [5.74, 6) is -3.20. The van der Waals surface area contributed by atoms with E-state index in [0.717, 1.165) is 0 Å². The molecule has 2 nitrogen and oxygen atoms in total. The van der Waals surface area contributed by atoms with Crippen LogP contribution in [0.5, 0.6) is 0 Å². The van der Waals surface area contributed by atoms with Crippen LogP contribution < -0.4 is 0 Å². The molecule has 0 aromatic heterocycles. The summed E-state index contributed by atoms with van der Waals surface area (Å²) in [6.45, 7) is 0. The predicted octanol–water partition coefficient (Wildman–Crippen LogP) is 1.36. The molecule has 0 N–H and O–H groups in total. The van der Waals surface area contributed by atoms with E-state index < -0.39 is 18.1 Å². The number of rotatable bonds is 2. The Balaban J connectivity index is 4.50. The second kappa shape index (κ2) is 2.72. The van der Waals surface area contributed by atoms with Crippen LogP contribution in [0.25, 0.3) is 0 Å². The average molecular weight is 178 g/mol. The van der Waals surface area contributed by atoms with Gasteiger partial charge in [0.05, 0.1) is 0 Å². The van der Waals surface area contributed by atoms with Crippen molar-refractivity contribution in [3.8, 4) is 0 Å². The monoisotopic (exact) mass is 178 g/mol. The van der Waals surface area contributed by atoms with Gasteiger partial charge >= 0.3 is 18.1 Å². The number of carbonyl (C=O) groups is 1. The molecule has 0 fully saturated rings. The number of ketones is 1. The van der Waals surface area contributed by atoms with Crippen LogP contribution in [0.3, 0.4) is 0 Å². The Hall–Kier alpha value is -0.720. The Morgan fingerprint density at radius 2 is 1.55 bits per heavy atom. The minimum atomic E-state index is -5.57. The second-order valence-corrected chi connectivity index (χ2v) is 1.55. The number of hydrogen-bond acceptors (Lipinski definition) is 2. The van der Waals surface area contributed by atoms with Gasteiger partial charge < -0.3 is 4.74 Å². The lowest BCUT2D eigenvalue weighted by atomic mass is 10.4. The topological polar surface area (TPSA) is 26.3 Å². The number of Topliss-reactive ketones (excluding diaryl/α,β-unsaturated/α-hetero) is 1. The summed E-state index contributed by atoms with van der Waals surface area (Å²) in [6.07, 6.45) is -10.3. The zero-order valence-electron chi connectivity index (χ0n) is 5.21. The maximum absolute atomic E-state index is 11.8. The van der Waals surface area contributed by atoms with Crippen LogP contribution >= 0.6 is 0 Å². The highest BCUT2D eigenvalue weighted by atomic mass is 19.4. The Kier molecular flexibility index (Phi) is 2.55. The van der Waals surface area contributed by atoms with Gasteiger partial charge in [-0.05, 0) is 0 Å². The Morgan fingerprint density at radius 1 is 1.18 bits per heavy atom. The predicted molar refractivity (Wildman–Crippen MR) is 23.0 cm³/mol. The van der Waals surface area contributed by atoms with Crippen molar-refractivity contribution < 1.29 is 31.5 Å². The molecule has 0 amide bonds. The number of carbonyl (C=O) groups excluding carboxylic acids is 1. The molecule has 0 aliphatic heterocycles. The molecule has 0 unspecified atom stereocenters. The van der Waals surface area contributed by atoms with Crippen molar-refractivity contribution in [3.63, 3.8) is 0 Å². The van der Waals surface area contributed by atoms with Crippen molar-refractivity contribution in [2.45, 2.75) is 12.3 Å². The Morgan fingerprint density at radius 3 is 1.64 bits per heavy atom. The van der Waals surface area contributed by atoms with E-state index in [0.29, 0.717) is 7.11 Å². The SMILES string of the molecule is COC(F)(F)C(=O)C(F)(F)F. The zero-order chi connectivity index (χ0) is 9.28. The quantitative estimate of drug-likeness (QED) is 0.596. The summed E-state index contributed by atoms with van der Waals surface area (Å²) in [5, 5.41) is 0. The van der Waals surface area contributed by atoms with Crippen molar-refractivity contribution in [3.05, 3.63) is 0 Å². The van der Waals surface area contributed by atoms with E-state index in [2.05, 4.69) is 4.74 Å². The molecule has 11 heavy (non-hydrogen) atoms. The van der Waals surface area contributed by atoms with Gasteiger partial charge in [0.2, 0.25) is 0 Å². The first-order chi connectivity index (χ1) is 4.72. The number of hydrogen-bond donors (Lipinski definition) is 0. The zero-order valence-corrected chi connectivity index (χ0v) is 5.21. The van der Waals surface area contributed by atoms with Crippen LogP contribution in [0.15, 0.2) is 0 Å². The van der Waals surface area contributed by atoms with Gasteiger partial charge in [-0.15, -0.1) is 0 Å². The van der Waals surface area contributed by atoms with Gasteiger partial charge in [-0.2, -0.15) is 22.0 Å². The summed E-state index contributed by atoms with van der Waals surface area (Å²) in [4.78, 5) is 9.72. The normalized spacial score (nSPS) is 13.3. The molecular formula is C4H3F5O2. The van der Waals surface area contributed by atoms with Gasteiger partial charge in [0.1, 0.15) is 0 Å². The highest BCUT2D eigenvalue weighted by Gasteiger charge is 2.55. The highest BCUT2D eigenvalue weighted by Crippen LogP contribution is 2.27. The van der Waals surface area contributed by atoms with Gasteiger partial charge in [0.15, 0.2) is 0 Å². The molecule has 0 aromatic rings. The Bertz CT molecular complexity index is 160. The first-order valence-corrected chi connectivity index (χ1v) is 2.26. The highest BCUT2D eigenvalue weighted by molar-refractivity contribution is 5.89. The smallest absolute Gasteiger partial charge is 0.317 e. The molecule has 0 saturated heterocycles. The van der Waals surface area contributed by atoms with E-state index in [4.69, 9.17) is 0 Å². The number of halogens is 5. The van der Waals surface area contributed by atoms with Gasteiger partial charge in [0.25, 0.3) is 0 Å². The molecule has 0 aliphatic carbocycles. The fourth-order valence-electron chi connectivity index (χ4n) is 0.258.